The summed E-state index contributed by atoms with van der Waals surface area (Å²) < 4.78 is 0. The third kappa shape index (κ3) is 2.30. The lowest BCUT2D eigenvalue weighted by Gasteiger charge is -2.03. The molecule has 1 amide bonds. The fraction of sp³-hybridized carbons (Fsp3) is 0.0714. The van der Waals surface area contributed by atoms with Gasteiger partial charge in [-0.1, -0.05) is 0 Å². The molecule has 5 nitrogen and oxygen atoms in total. The quantitative estimate of drug-likeness (QED) is 0.747. The molecule has 3 aromatic heterocycles. The van der Waals surface area contributed by atoms with Gasteiger partial charge in [0.1, 0.15) is 5.65 Å². The molecule has 0 radical (unpaired) electrons. The largest absolute Gasteiger partial charge is 0.348 e. The van der Waals surface area contributed by atoms with E-state index in [9.17, 15) is 4.79 Å². The molecule has 0 spiro atoms. The van der Waals surface area contributed by atoms with Crippen LogP contribution in [0.15, 0.2) is 49.1 Å². The number of rotatable bonds is 3. The van der Waals surface area contributed by atoms with E-state index in [1.54, 1.807) is 24.8 Å². The summed E-state index contributed by atoms with van der Waals surface area (Å²) >= 11 is 0. The second-order valence-corrected chi connectivity index (χ2v) is 4.14. The van der Waals surface area contributed by atoms with E-state index in [1.165, 1.54) is 0 Å². The molecule has 0 aromatic carbocycles. The standard InChI is InChI=1S/C14H12N4O/c19-14(18-8-10-3-6-15-7-4-10)12-9-17-13-11(12)2-1-5-16-13/h1-7,9H,8H2,(H,16,17)(H,18,19). The van der Waals surface area contributed by atoms with Crippen LogP contribution in [0.3, 0.4) is 0 Å². The highest BCUT2D eigenvalue weighted by Crippen LogP contribution is 2.15. The molecule has 0 aliphatic heterocycles. The third-order valence-corrected chi connectivity index (χ3v) is 2.90. The SMILES string of the molecule is O=C(NCc1ccncc1)c1c[nH]c2ncccc12. The first-order valence-electron chi connectivity index (χ1n) is 5.94. The van der Waals surface area contributed by atoms with E-state index in [1.807, 2.05) is 24.3 Å². The summed E-state index contributed by atoms with van der Waals surface area (Å²) in [6.45, 7) is 0.480. The van der Waals surface area contributed by atoms with Crippen molar-refractivity contribution in [3.05, 3.63) is 60.2 Å². The molecular formula is C14H12N4O. The van der Waals surface area contributed by atoms with Crippen LogP contribution in [0.5, 0.6) is 0 Å². The number of nitrogens with one attached hydrogen (secondary N) is 2. The number of aromatic nitrogens is 3. The lowest BCUT2D eigenvalue weighted by molar-refractivity contribution is 0.0952. The number of pyridine rings is 2. The Balaban J connectivity index is 1.77. The summed E-state index contributed by atoms with van der Waals surface area (Å²) in [5.41, 5.74) is 2.34. The molecule has 19 heavy (non-hydrogen) atoms. The fourth-order valence-electron chi connectivity index (χ4n) is 1.92. The van der Waals surface area contributed by atoms with Gasteiger partial charge in [-0.2, -0.15) is 0 Å². The fourth-order valence-corrected chi connectivity index (χ4v) is 1.92. The number of carbonyl (C=O) groups excluding carboxylic acids is 1. The number of fused-ring (bicyclic) bond motifs is 1. The Kier molecular flexibility index (Phi) is 2.94. The molecule has 94 valence electrons. The van der Waals surface area contributed by atoms with Crippen LogP contribution in [-0.2, 0) is 6.54 Å². The second kappa shape index (κ2) is 4.89. The normalized spacial score (nSPS) is 10.5. The maximum Gasteiger partial charge on any atom is 0.253 e. The molecule has 0 saturated heterocycles. The number of hydrogen-bond donors (Lipinski definition) is 2. The van der Waals surface area contributed by atoms with Gasteiger partial charge in [-0.25, -0.2) is 4.98 Å². The first-order valence-corrected chi connectivity index (χ1v) is 5.94. The monoisotopic (exact) mass is 252 g/mol. The highest BCUT2D eigenvalue weighted by atomic mass is 16.1. The van der Waals surface area contributed by atoms with Gasteiger partial charge in [-0.3, -0.25) is 9.78 Å². The molecule has 0 bridgehead atoms. The van der Waals surface area contributed by atoms with Crippen LogP contribution in [0.25, 0.3) is 11.0 Å². The van der Waals surface area contributed by atoms with Gasteiger partial charge in [0.25, 0.3) is 5.91 Å². The lowest BCUT2D eigenvalue weighted by atomic mass is 10.2. The molecule has 0 fully saturated rings. The molecule has 3 heterocycles. The van der Waals surface area contributed by atoms with Crippen molar-refractivity contribution in [1.82, 2.24) is 20.3 Å². The minimum absolute atomic E-state index is 0.115. The molecule has 2 N–H and O–H groups in total. The predicted octanol–water partition coefficient (Wildman–Crippen LogP) is 1.89. The van der Waals surface area contributed by atoms with E-state index in [2.05, 4.69) is 20.3 Å². The number of amides is 1. The minimum Gasteiger partial charge on any atom is -0.348 e. The van der Waals surface area contributed by atoms with Crippen LogP contribution < -0.4 is 5.32 Å². The van der Waals surface area contributed by atoms with Crippen molar-refractivity contribution >= 4 is 16.9 Å². The Morgan fingerprint density at radius 1 is 1.21 bits per heavy atom. The van der Waals surface area contributed by atoms with E-state index in [4.69, 9.17) is 0 Å². The molecular weight excluding hydrogens is 240 g/mol. The molecule has 0 saturated carbocycles. The Hall–Kier alpha value is -2.69. The van der Waals surface area contributed by atoms with E-state index in [-0.39, 0.29) is 5.91 Å². The molecule has 0 aliphatic carbocycles. The highest BCUT2D eigenvalue weighted by Gasteiger charge is 2.11. The van der Waals surface area contributed by atoms with Gasteiger partial charge in [-0.05, 0) is 29.8 Å². The smallest absolute Gasteiger partial charge is 0.253 e. The van der Waals surface area contributed by atoms with Crippen molar-refractivity contribution in [3.8, 4) is 0 Å². The van der Waals surface area contributed by atoms with Crippen molar-refractivity contribution in [2.45, 2.75) is 6.54 Å². The van der Waals surface area contributed by atoms with E-state index in [0.29, 0.717) is 12.1 Å². The van der Waals surface area contributed by atoms with Gasteiger partial charge in [0.15, 0.2) is 0 Å². The van der Waals surface area contributed by atoms with Crippen molar-refractivity contribution < 1.29 is 4.79 Å². The highest BCUT2D eigenvalue weighted by molar-refractivity contribution is 6.05. The zero-order chi connectivity index (χ0) is 13.1. The first-order chi connectivity index (χ1) is 9.34. The summed E-state index contributed by atoms with van der Waals surface area (Å²) in [6.07, 6.45) is 6.78. The molecule has 0 unspecified atom stereocenters. The van der Waals surface area contributed by atoms with Crippen LogP contribution in [0.4, 0.5) is 0 Å². The Labute approximate surface area is 109 Å². The topological polar surface area (TPSA) is 70.7 Å². The van der Waals surface area contributed by atoms with Gasteiger partial charge in [0.2, 0.25) is 0 Å². The van der Waals surface area contributed by atoms with Crippen molar-refractivity contribution in [3.63, 3.8) is 0 Å². The number of carbonyl (C=O) groups is 1. The van der Waals surface area contributed by atoms with Crippen molar-refractivity contribution in [2.75, 3.05) is 0 Å². The number of H-pyrrole nitrogens is 1. The molecule has 3 aromatic rings. The average molecular weight is 252 g/mol. The predicted molar refractivity (Wildman–Crippen MR) is 71.5 cm³/mol. The Morgan fingerprint density at radius 2 is 2.05 bits per heavy atom. The van der Waals surface area contributed by atoms with Crippen LogP contribution in [0, 0.1) is 0 Å². The maximum atomic E-state index is 12.1. The van der Waals surface area contributed by atoms with Gasteiger partial charge in [0.05, 0.1) is 5.56 Å². The summed E-state index contributed by atoms with van der Waals surface area (Å²) in [5.74, 6) is -0.115. The summed E-state index contributed by atoms with van der Waals surface area (Å²) in [5, 5.41) is 3.71. The van der Waals surface area contributed by atoms with E-state index < -0.39 is 0 Å². The minimum atomic E-state index is -0.115. The molecule has 3 rings (SSSR count). The molecule has 0 atom stereocenters. The van der Waals surface area contributed by atoms with Gasteiger partial charge >= 0.3 is 0 Å². The number of nitrogens with zero attached hydrogens (tertiary/aromatic N) is 2. The van der Waals surface area contributed by atoms with Gasteiger partial charge in [-0.15, -0.1) is 0 Å². The van der Waals surface area contributed by atoms with Crippen molar-refractivity contribution in [2.24, 2.45) is 0 Å². The number of aromatic amines is 1. The Bertz CT molecular complexity index is 706. The van der Waals surface area contributed by atoms with Gasteiger partial charge < -0.3 is 10.3 Å². The zero-order valence-electron chi connectivity index (χ0n) is 10.1. The average Bonchev–Trinajstić information content (AvgIpc) is 2.90. The molecule has 0 aliphatic rings. The first kappa shape index (κ1) is 11.4. The van der Waals surface area contributed by atoms with Crippen LogP contribution in [-0.4, -0.2) is 20.9 Å². The third-order valence-electron chi connectivity index (χ3n) is 2.90. The summed E-state index contributed by atoms with van der Waals surface area (Å²) in [4.78, 5) is 23.2. The molecule has 5 heteroatoms. The van der Waals surface area contributed by atoms with E-state index in [0.717, 1.165) is 16.6 Å². The Morgan fingerprint density at radius 3 is 2.89 bits per heavy atom. The zero-order valence-corrected chi connectivity index (χ0v) is 10.1. The van der Waals surface area contributed by atoms with Crippen molar-refractivity contribution in [1.29, 1.82) is 0 Å². The number of hydrogen-bond acceptors (Lipinski definition) is 3. The maximum absolute atomic E-state index is 12.1. The van der Waals surface area contributed by atoms with E-state index >= 15 is 0 Å². The summed E-state index contributed by atoms with van der Waals surface area (Å²) in [7, 11) is 0. The summed E-state index contributed by atoms with van der Waals surface area (Å²) in [6, 6.07) is 7.43. The second-order valence-electron chi connectivity index (χ2n) is 4.14. The van der Waals surface area contributed by atoms with Crippen LogP contribution in [0.2, 0.25) is 0 Å². The lowest BCUT2D eigenvalue weighted by Crippen LogP contribution is -2.22. The van der Waals surface area contributed by atoms with Crippen LogP contribution >= 0.6 is 0 Å². The van der Waals surface area contributed by atoms with Gasteiger partial charge in [0, 0.05) is 36.7 Å². The van der Waals surface area contributed by atoms with Crippen LogP contribution in [0.1, 0.15) is 15.9 Å².